The highest BCUT2D eigenvalue weighted by molar-refractivity contribution is 7.65. The third-order valence-corrected chi connectivity index (χ3v) is 6.46. The summed E-state index contributed by atoms with van der Waals surface area (Å²) in [6.45, 7) is 5.42. The van der Waals surface area contributed by atoms with Gasteiger partial charge in [0.1, 0.15) is 5.75 Å². The van der Waals surface area contributed by atoms with E-state index in [-0.39, 0.29) is 0 Å². The summed E-state index contributed by atoms with van der Waals surface area (Å²) in [7, 11) is -3.01. The monoisotopic (exact) mass is 287 g/mol. The highest BCUT2D eigenvalue weighted by Crippen LogP contribution is 2.56. The molecule has 1 aliphatic heterocycles. The minimum Gasteiger partial charge on any atom is -0.429 e. The molecule has 2 aromatic carbocycles. The lowest BCUT2D eigenvalue weighted by Crippen LogP contribution is -2.31. The zero-order valence-corrected chi connectivity index (χ0v) is 12.6. The van der Waals surface area contributed by atoms with Gasteiger partial charge in [0.15, 0.2) is 0 Å². The van der Waals surface area contributed by atoms with Gasteiger partial charge in [-0.3, -0.25) is 4.57 Å². The van der Waals surface area contributed by atoms with E-state index in [2.05, 4.69) is 0 Å². The van der Waals surface area contributed by atoms with Crippen LogP contribution in [0.4, 0.5) is 0 Å². The van der Waals surface area contributed by atoms with Gasteiger partial charge >= 0.3 is 7.52 Å². The third-order valence-electron chi connectivity index (χ3n) is 3.71. The Morgan fingerprint density at radius 2 is 1.55 bits per heavy atom. The fourth-order valence-electron chi connectivity index (χ4n) is 2.71. The molecule has 3 rings (SSSR count). The van der Waals surface area contributed by atoms with Crippen molar-refractivity contribution in [2.24, 2.45) is 0 Å². The van der Waals surface area contributed by atoms with E-state index in [4.69, 9.17) is 4.52 Å². The fourth-order valence-corrected chi connectivity index (χ4v) is 5.17. The van der Waals surface area contributed by atoms with Crippen molar-refractivity contribution in [3.8, 4) is 16.9 Å². The minimum atomic E-state index is -3.01. The zero-order valence-electron chi connectivity index (χ0n) is 11.7. The Kier molecular flexibility index (Phi) is 3.41. The van der Waals surface area contributed by atoms with Gasteiger partial charge in [-0.25, -0.2) is 4.67 Å². The first kappa shape index (κ1) is 13.4. The van der Waals surface area contributed by atoms with Gasteiger partial charge in [-0.05, 0) is 12.1 Å². The lowest BCUT2D eigenvalue weighted by Gasteiger charge is -2.34. The molecule has 0 aromatic heterocycles. The summed E-state index contributed by atoms with van der Waals surface area (Å²) >= 11 is 0. The minimum absolute atomic E-state index is 0.699. The molecule has 20 heavy (non-hydrogen) atoms. The fraction of sp³-hybridized carbons (Fsp3) is 0.250. The molecular weight excluding hydrogens is 269 g/mol. The smallest absolute Gasteiger partial charge is 0.350 e. The van der Waals surface area contributed by atoms with Crippen molar-refractivity contribution < 1.29 is 9.09 Å². The quantitative estimate of drug-likeness (QED) is 0.802. The Morgan fingerprint density at radius 3 is 2.25 bits per heavy atom. The van der Waals surface area contributed by atoms with E-state index >= 15 is 0 Å². The summed E-state index contributed by atoms with van der Waals surface area (Å²) in [5, 5.41) is 0.808. The molecule has 0 saturated carbocycles. The molecule has 1 heterocycles. The van der Waals surface area contributed by atoms with Crippen molar-refractivity contribution in [1.29, 1.82) is 0 Å². The van der Waals surface area contributed by atoms with E-state index in [1.54, 1.807) is 0 Å². The molecule has 3 nitrogen and oxygen atoms in total. The average molecular weight is 287 g/mol. The van der Waals surface area contributed by atoms with Gasteiger partial charge in [0.2, 0.25) is 0 Å². The first-order valence-electron chi connectivity index (χ1n) is 6.94. The summed E-state index contributed by atoms with van der Waals surface area (Å²) in [6, 6.07) is 15.6. The van der Waals surface area contributed by atoms with E-state index < -0.39 is 7.52 Å². The van der Waals surface area contributed by atoms with Crippen molar-refractivity contribution >= 4 is 12.8 Å². The van der Waals surface area contributed by atoms with Crippen LogP contribution in [-0.4, -0.2) is 17.8 Å². The van der Waals surface area contributed by atoms with Crippen LogP contribution in [0, 0.1) is 0 Å². The van der Waals surface area contributed by atoms with Gasteiger partial charge < -0.3 is 4.52 Å². The highest BCUT2D eigenvalue weighted by Gasteiger charge is 2.39. The predicted octanol–water partition coefficient (Wildman–Crippen LogP) is 3.91. The van der Waals surface area contributed by atoms with Crippen LogP contribution in [0.3, 0.4) is 0 Å². The predicted molar refractivity (Wildman–Crippen MR) is 82.7 cm³/mol. The Balaban J connectivity index is 2.26. The third kappa shape index (κ3) is 1.90. The lowest BCUT2D eigenvalue weighted by molar-refractivity contribution is 0.380. The molecule has 0 saturated heterocycles. The van der Waals surface area contributed by atoms with E-state index in [9.17, 15) is 4.57 Å². The molecule has 1 atom stereocenters. The molecule has 0 amide bonds. The van der Waals surface area contributed by atoms with Gasteiger partial charge in [-0.2, -0.15) is 0 Å². The van der Waals surface area contributed by atoms with Crippen LogP contribution in [0.15, 0.2) is 48.5 Å². The van der Waals surface area contributed by atoms with Gasteiger partial charge in [-0.15, -0.1) is 0 Å². The number of benzene rings is 2. The van der Waals surface area contributed by atoms with Crippen molar-refractivity contribution in [2.75, 3.05) is 13.1 Å². The zero-order chi connectivity index (χ0) is 14.2. The second kappa shape index (κ2) is 5.08. The molecule has 1 aliphatic rings. The van der Waals surface area contributed by atoms with Crippen LogP contribution >= 0.6 is 7.52 Å². The lowest BCUT2D eigenvalue weighted by atomic mass is 10.0. The summed E-state index contributed by atoms with van der Waals surface area (Å²) in [4.78, 5) is 0. The van der Waals surface area contributed by atoms with Gasteiger partial charge in [-0.1, -0.05) is 50.2 Å². The SMILES string of the molecule is CCN(CC)P1(=O)Oc2ccccc2-c2ccccc21. The van der Waals surface area contributed by atoms with E-state index in [1.165, 1.54) is 0 Å². The van der Waals surface area contributed by atoms with Crippen molar-refractivity contribution in [3.63, 3.8) is 0 Å². The number of para-hydroxylation sites is 1. The van der Waals surface area contributed by atoms with Crippen molar-refractivity contribution in [1.82, 2.24) is 4.67 Å². The normalized spacial score (nSPS) is 20.1. The van der Waals surface area contributed by atoms with Crippen LogP contribution < -0.4 is 9.83 Å². The number of fused-ring (bicyclic) bond motifs is 3. The highest BCUT2D eigenvalue weighted by atomic mass is 31.2. The first-order chi connectivity index (χ1) is 9.70. The topological polar surface area (TPSA) is 29.5 Å². The molecule has 0 spiro atoms. The summed E-state index contributed by atoms with van der Waals surface area (Å²) in [5.41, 5.74) is 2.03. The van der Waals surface area contributed by atoms with Gasteiger partial charge in [0.25, 0.3) is 0 Å². The second-order valence-corrected chi connectivity index (χ2v) is 7.03. The van der Waals surface area contributed by atoms with E-state index in [0.29, 0.717) is 18.8 Å². The van der Waals surface area contributed by atoms with E-state index in [0.717, 1.165) is 16.4 Å². The van der Waals surface area contributed by atoms with Crippen molar-refractivity contribution in [3.05, 3.63) is 48.5 Å². The van der Waals surface area contributed by atoms with Crippen LogP contribution in [0.5, 0.6) is 5.75 Å². The number of hydrogen-bond acceptors (Lipinski definition) is 2. The Bertz CT molecular complexity index is 680. The van der Waals surface area contributed by atoms with Gasteiger partial charge in [0, 0.05) is 24.2 Å². The molecule has 0 bridgehead atoms. The van der Waals surface area contributed by atoms with Crippen LogP contribution in [-0.2, 0) is 4.57 Å². The van der Waals surface area contributed by atoms with Crippen LogP contribution in [0.25, 0.3) is 11.1 Å². The first-order valence-corrected chi connectivity index (χ1v) is 8.52. The Labute approximate surface area is 119 Å². The maximum Gasteiger partial charge on any atom is 0.350 e. The summed E-state index contributed by atoms with van der Waals surface area (Å²) < 4.78 is 21.4. The second-order valence-electron chi connectivity index (χ2n) is 4.76. The molecule has 2 aromatic rings. The maximum absolute atomic E-state index is 13.5. The van der Waals surface area contributed by atoms with Crippen LogP contribution in [0.1, 0.15) is 13.8 Å². The summed E-state index contributed by atoms with van der Waals surface area (Å²) in [5.74, 6) is 0.710. The number of nitrogens with zero attached hydrogens (tertiary/aromatic N) is 1. The van der Waals surface area contributed by atoms with Gasteiger partial charge in [0.05, 0.1) is 5.30 Å². The maximum atomic E-state index is 13.5. The van der Waals surface area contributed by atoms with Crippen LogP contribution in [0.2, 0.25) is 0 Å². The largest absolute Gasteiger partial charge is 0.429 e. The number of rotatable bonds is 3. The summed E-state index contributed by atoms with van der Waals surface area (Å²) in [6.07, 6.45) is 0. The molecule has 0 aliphatic carbocycles. The van der Waals surface area contributed by atoms with E-state index in [1.807, 2.05) is 67.0 Å². The Hall–Kier alpha value is -1.57. The van der Waals surface area contributed by atoms with Crippen molar-refractivity contribution in [2.45, 2.75) is 13.8 Å². The molecule has 0 radical (unpaired) electrons. The molecule has 4 heteroatoms. The average Bonchev–Trinajstić information content (AvgIpc) is 2.49. The molecule has 0 N–H and O–H groups in total. The standard InChI is InChI=1S/C16H18NO2P/c1-3-17(4-2)20(18)16-12-8-6-10-14(16)13-9-5-7-11-15(13)19-20/h5-12H,3-4H2,1-2H3. The number of hydrogen-bond donors (Lipinski definition) is 0. The molecular formula is C16H18NO2P. The molecule has 104 valence electrons. The molecule has 0 fully saturated rings. The Morgan fingerprint density at radius 1 is 0.950 bits per heavy atom. The molecule has 1 unspecified atom stereocenters.